The highest BCUT2D eigenvalue weighted by atomic mass is 16.5. The minimum Gasteiger partial charge on any atom is -0.480 e. The fourth-order valence-corrected chi connectivity index (χ4v) is 1.82. The van der Waals surface area contributed by atoms with Gasteiger partial charge in [0, 0.05) is 12.0 Å². The van der Waals surface area contributed by atoms with Gasteiger partial charge in [0.2, 0.25) is 5.91 Å². The molecule has 0 bridgehead atoms. The summed E-state index contributed by atoms with van der Waals surface area (Å²) < 4.78 is 5.02. The van der Waals surface area contributed by atoms with Crippen molar-refractivity contribution in [2.24, 2.45) is 0 Å². The van der Waals surface area contributed by atoms with Crippen molar-refractivity contribution in [2.75, 3.05) is 6.54 Å². The van der Waals surface area contributed by atoms with Gasteiger partial charge in [-0.1, -0.05) is 12.1 Å². The van der Waals surface area contributed by atoms with Crippen LogP contribution in [-0.4, -0.2) is 28.7 Å². The summed E-state index contributed by atoms with van der Waals surface area (Å²) in [5, 5.41) is 14.6. The van der Waals surface area contributed by atoms with Crippen LogP contribution in [0.15, 0.2) is 4.52 Å². The lowest BCUT2D eigenvalue weighted by molar-refractivity contribution is -0.138. The van der Waals surface area contributed by atoms with Gasteiger partial charge in [0.05, 0.1) is 5.69 Å². The second-order valence-electron chi connectivity index (χ2n) is 4.01. The molecule has 0 saturated heterocycles. The van der Waals surface area contributed by atoms with Crippen LogP contribution in [0.2, 0.25) is 0 Å². The van der Waals surface area contributed by atoms with Crippen molar-refractivity contribution in [1.82, 2.24) is 10.5 Å². The van der Waals surface area contributed by atoms with Crippen LogP contribution in [0.25, 0.3) is 0 Å². The fraction of sp³-hybridized carbons (Fsp3) is 0.545. The van der Waals surface area contributed by atoms with Gasteiger partial charge in [-0.15, -0.1) is 0 Å². The molecule has 6 nitrogen and oxygen atoms in total. The minimum absolute atomic E-state index is 0.0463. The van der Waals surface area contributed by atoms with E-state index in [0.29, 0.717) is 5.76 Å². The Morgan fingerprint density at radius 1 is 1.47 bits per heavy atom. The number of rotatable bonds is 5. The Morgan fingerprint density at radius 2 is 2.12 bits per heavy atom. The number of carbonyl (C=O) groups excluding carboxylic acids is 1. The van der Waals surface area contributed by atoms with E-state index in [0.717, 1.165) is 11.3 Å². The predicted octanol–water partition coefficient (Wildman–Crippen LogP) is 0.986. The molecule has 94 valence electrons. The Morgan fingerprint density at radius 3 is 2.59 bits per heavy atom. The molecule has 0 aliphatic rings. The maximum Gasteiger partial charge on any atom is 0.322 e. The van der Waals surface area contributed by atoms with Gasteiger partial charge in [0.15, 0.2) is 0 Å². The van der Waals surface area contributed by atoms with E-state index < -0.39 is 5.97 Å². The molecule has 6 heteroatoms. The van der Waals surface area contributed by atoms with Gasteiger partial charge in [0.1, 0.15) is 12.3 Å². The van der Waals surface area contributed by atoms with Crippen molar-refractivity contribution in [3.63, 3.8) is 0 Å². The molecule has 1 aromatic rings. The van der Waals surface area contributed by atoms with E-state index >= 15 is 0 Å². The Bertz CT molecular complexity index is 406. The molecule has 0 aliphatic heterocycles. The lowest BCUT2D eigenvalue weighted by Crippen LogP contribution is -2.30. The molecule has 0 fully saturated rings. The average Bonchev–Trinajstić information content (AvgIpc) is 2.55. The molecule has 1 rings (SSSR count). The van der Waals surface area contributed by atoms with Crippen molar-refractivity contribution < 1.29 is 19.2 Å². The Labute approximate surface area is 99.0 Å². The number of carbonyl (C=O) groups is 2. The lowest BCUT2D eigenvalue weighted by atomic mass is 9.96. The zero-order valence-corrected chi connectivity index (χ0v) is 10.1. The second-order valence-corrected chi connectivity index (χ2v) is 4.01. The minimum atomic E-state index is -1.05. The molecule has 0 aromatic carbocycles. The summed E-state index contributed by atoms with van der Waals surface area (Å²) >= 11 is 0. The zero-order valence-electron chi connectivity index (χ0n) is 10.1. The summed E-state index contributed by atoms with van der Waals surface area (Å²) in [7, 11) is 0. The highest BCUT2D eigenvalue weighted by Gasteiger charge is 2.19. The van der Waals surface area contributed by atoms with Crippen LogP contribution < -0.4 is 5.32 Å². The normalized spacial score (nSPS) is 12.2. The molecule has 0 saturated carbocycles. The first kappa shape index (κ1) is 13.2. The van der Waals surface area contributed by atoms with Crippen LogP contribution in [0, 0.1) is 13.8 Å². The first-order valence-corrected chi connectivity index (χ1v) is 5.33. The van der Waals surface area contributed by atoms with Gasteiger partial charge in [-0.25, -0.2) is 0 Å². The monoisotopic (exact) mass is 240 g/mol. The number of nitrogens with zero attached hydrogens (tertiary/aromatic N) is 1. The Balaban J connectivity index is 2.57. The van der Waals surface area contributed by atoms with E-state index in [2.05, 4.69) is 10.5 Å². The smallest absolute Gasteiger partial charge is 0.322 e. The molecule has 0 aliphatic carbocycles. The van der Waals surface area contributed by atoms with Crippen molar-refractivity contribution >= 4 is 11.9 Å². The summed E-state index contributed by atoms with van der Waals surface area (Å²) in [6.07, 6.45) is 0.218. The summed E-state index contributed by atoms with van der Waals surface area (Å²) in [5.41, 5.74) is 1.68. The number of aryl methyl sites for hydroxylation is 2. The summed E-state index contributed by atoms with van der Waals surface area (Å²) in [5.74, 6) is -0.695. The quantitative estimate of drug-likeness (QED) is 0.800. The molecule has 1 amide bonds. The highest BCUT2D eigenvalue weighted by Crippen LogP contribution is 2.25. The number of hydrogen-bond acceptors (Lipinski definition) is 4. The highest BCUT2D eigenvalue weighted by molar-refractivity contribution is 5.81. The van der Waals surface area contributed by atoms with E-state index in [4.69, 9.17) is 9.63 Å². The van der Waals surface area contributed by atoms with Crippen LogP contribution in [0.4, 0.5) is 0 Å². The van der Waals surface area contributed by atoms with Gasteiger partial charge in [0.25, 0.3) is 0 Å². The molecule has 0 radical (unpaired) electrons. The largest absolute Gasteiger partial charge is 0.480 e. The topological polar surface area (TPSA) is 92.4 Å². The Hall–Kier alpha value is -1.85. The van der Waals surface area contributed by atoms with E-state index in [9.17, 15) is 9.59 Å². The first-order chi connectivity index (χ1) is 7.91. The van der Waals surface area contributed by atoms with Gasteiger partial charge in [-0.05, 0) is 19.8 Å². The molecule has 0 spiro atoms. The molecule has 1 atom stereocenters. The maximum atomic E-state index is 11.5. The predicted molar refractivity (Wildman–Crippen MR) is 59.7 cm³/mol. The van der Waals surface area contributed by atoms with Crippen LogP contribution in [0.1, 0.15) is 36.3 Å². The third-order valence-electron chi connectivity index (χ3n) is 2.51. The van der Waals surface area contributed by atoms with Crippen molar-refractivity contribution in [3.8, 4) is 0 Å². The van der Waals surface area contributed by atoms with Gasteiger partial charge in [-0.2, -0.15) is 0 Å². The van der Waals surface area contributed by atoms with Gasteiger partial charge >= 0.3 is 5.97 Å². The standard InChI is InChI=1S/C11H16N2O4/c1-6(4-9(14)12-5-10(15)16)11-7(2)13-17-8(11)3/h6H,4-5H2,1-3H3,(H,12,14)(H,15,16). The van der Waals surface area contributed by atoms with Crippen molar-refractivity contribution in [1.29, 1.82) is 0 Å². The molecule has 2 N–H and O–H groups in total. The second kappa shape index (κ2) is 5.47. The van der Waals surface area contributed by atoms with Crippen molar-refractivity contribution in [3.05, 3.63) is 17.0 Å². The molecular weight excluding hydrogens is 224 g/mol. The van der Waals surface area contributed by atoms with E-state index in [1.807, 2.05) is 13.8 Å². The summed E-state index contributed by atoms with van der Waals surface area (Å²) in [6.45, 7) is 5.14. The zero-order chi connectivity index (χ0) is 13.0. The fourth-order valence-electron chi connectivity index (χ4n) is 1.82. The van der Waals surface area contributed by atoms with E-state index in [1.54, 1.807) is 6.92 Å². The number of carboxylic acids is 1. The summed E-state index contributed by atoms with van der Waals surface area (Å²) in [6, 6.07) is 0. The third kappa shape index (κ3) is 3.58. The first-order valence-electron chi connectivity index (χ1n) is 5.33. The van der Waals surface area contributed by atoms with Crippen LogP contribution in [-0.2, 0) is 9.59 Å². The third-order valence-corrected chi connectivity index (χ3v) is 2.51. The van der Waals surface area contributed by atoms with Gasteiger partial charge in [-0.3, -0.25) is 9.59 Å². The molecule has 1 aromatic heterocycles. The molecular formula is C11H16N2O4. The number of aromatic nitrogens is 1. The van der Waals surface area contributed by atoms with E-state index in [-0.39, 0.29) is 24.8 Å². The van der Waals surface area contributed by atoms with Crippen LogP contribution in [0.3, 0.4) is 0 Å². The van der Waals surface area contributed by atoms with E-state index in [1.165, 1.54) is 0 Å². The number of amides is 1. The SMILES string of the molecule is Cc1noc(C)c1C(C)CC(=O)NCC(=O)O. The molecule has 1 heterocycles. The average molecular weight is 240 g/mol. The number of aliphatic carboxylic acids is 1. The van der Waals surface area contributed by atoms with Crippen LogP contribution in [0.5, 0.6) is 0 Å². The number of nitrogens with one attached hydrogen (secondary N) is 1. The molecule has 1 unspecified atom stereocenters. The maximum absolute atomic E-state index is 11.5. The van der Waals surface area contributed by atoms with Crippen molar-refractivity contribution in [2.45, 2.75) is 33.1 Å². The van der Waals surface area contributed by atoms with Crippen LogP contribution >= 0.6 is 0 Å². The lowest BCUT2D eigenvalue weighted by Gasteiger charge is -2.10. The number of hydrogen-bond donors (Lipinski definition) is 2. The summed E-state index contributed by atoms with van der Waals surface area (Å²) in [4.78, 5) is 21.7. The molecule has 17 heavy (non-hydrogen) atoms. The number of carboxylic acid groups (broad SMARTS) is 1. The Kier molecular flexibility index (Phi) is 4.25. The van der Waals surface area contributed by atoms with Gasteiger partial charge < -0.3 is 14.9 Å².